The molecule has 0 bridgehead atoms. The summed E-state index contributed by atoms with van der Waals surface area (Å²) in [6, 6.07) is 17.8. The lowest BCUT2D eigenvalue weighted by atomic mass is 10.1. The van der Waals surface area contributed by atoms with Crippen molar-refractivity contribution in [1.82, 2.24) is 9.38 Å². The van der Waals surface area contributed by atoms with Crippen LogP contribution in [0, 0.1) is 0 Å². The first kappa shape index (κ1) is 16.0. The molecule has 2 aromatic heterocycles. The molecule has 6 heteroatoms. The van der Waals surface area contributed by atoms with Crippen molar-refractivity contribution in [2.75, 3.05) is 24.8 Å². The third-order valence-electron chi connectivity index (χ3n) is 4.32. The molecule has 4 aromatic rings. The van der Waals surface area contributed by atoms with Gasteiger partial charge < -0.3 is 10.1 Å². The third kappa shape index (κ3) is 2.61. The molecule has 0 atom stereocenters. The second-order valence-electron chi connectivity index (χ2n) is 5.85. The number of pyridine rings is 1. The molecule has 2 heterocycles. The Labute approximate surface area is 150 Å². The number of hydrogen-bond donors (Lipinski definition) is 2. The van der Waals surface area contributed by atoms with Crippen molar-refractivity contribution in [3.8, 4) is 11.3 Å². The van der Waals surface area contributed by atoms with Crippen LogP contribution in [-0.2, 0) is 4.74 Å². The summed E-state index contributed by atoms with van der Waals surface area (Å²) in [5.74, 6) is 0.916. The summed E-state index contributed by atoms with van der Waals surface area (Å²) >= 11 is 0. The maximum Gasteiger partial charge on any atom is 0.411 e. The number of amides is 1. The maximum atomic E-state index is 11.5. The van der Waals surface area contributed by atoms with E-state index >= 15 is 0 Å². The number of rotatable bonds is 3. The molecule has 0 aliphatic carbocycles. The normalized spacial score (nSPS) is 10.8. The van der Waals surface area contributed by atoms with Crippen molar-refractivity contribution in [1.29, 1.82) is 0 Å². The third-order valence-corrected chi connectivity index (χ3v) is 4.32. The zero-order valence-corrected chi connectivity index (χ0v) is 14.5. The highest BCUT2D eigenvalue weighted by atomic mass is 16.5. The van der Waals surface area contributed by atoms with Crippen LogP contribution < -0.4 is 10.6 Å². The fourth-order valence-corrected chi connectivity index (χ4v) is 3.10. The summed E-state index contributed by atoms with van der Waals surface area (Å²) < 4.78 is 6.69. The maximum absolute atomic E-state index is 11.5. The molecule has 0 fully saturated rings. The van der Waals surface area contributed by atoms with E-state index < -0.39 is 6.09 Å². The van der Waals surface area contributed by atoms with E-state index in [1.54, 1.807) is 0 Å². The van der Waals surface area contributed by atoms with Gasteiger partial charge in [0.15, 0.2) is 0 Å². The molecular weight excluding hydrogens is 328 g/mol. The van der Waals surface area contributed by atoms with Crippen LogP contribution in [0.1, 0.15) is 0 Å². The van der Waals surface area contributed by atoms with Crippen LogP contribution >= 0.6 is 0 Å². The minimum Gasteiger partial charge on any atom is -0.453 e. The fourth-order valence-electron chi connectivity index (χ4n) is 3.10. The number of anilines is 2. The van der Waals surface area contributed by atoms with Crippen molar-refractivity contribution in [2.24, 2.45) is 0 Å². The van der Waals surface area contributed by atoms with E-state index in [-0.39, 0.29) is 0 Å². The van der Waals surface area contributed by atoms with Crippen LogP contribution in [-0.4, -0.2) is 29.6 Å². The van der Waals surface area contributed by atoms with Crippen LogP contribution in [0.15, 0.2) is 60.8 Å². The molecule has 6 nitrogen and oxygen atoms in total. The van der Waals surface area contributed by atoms with Gasteiger partial charge in [-0.05, 0) is 23.6 Å². The first-order chi connectivity index (χ1) is 12.7. The fraction of sp³-hybridized carbons (Fsp3) is 0.100. The Bertz CT molecular complexity index is 1100. The molecule has 0 spiro atoms. The number of hydrogen-bond acceptors (Lipinski definition) is 4. The standard InChI is InChI=1S/C20H18N4O2/c1-21-19-17(14-6-4-3-5-7-14)23-18-16-12-15(22-20(25)26-2)9-8-13(16)10-11-24(18)19/h3-12,21H,1-2H3,(H,22,25). The molecule has 0 aliphatic rings. The van der Waals surface area contributed by atoms with Crippen molar-refractivity contribution < 1.29 is 9.53 Å². The molecule has 0 saturated heterocycles. The van der Waals surface area contributed by atoms with E-state index in [1.807, 2.05) is 72.2 Å². The van der Waals surface area contributed by atoms with Gasteiger partial charge >= 0.3 is 6.09 Å². The second-order valence-corrected chi connectivity index (χ2v) is 5.85. The molecule has 0 radical (unpaired) electrons. The van der Waals surface area contributed by atoms with E-state index in [2.05, 4.69) is 15.4 Å². The first-order valence-electron chi connectivity index (χ1n) is 8.24. The zero-order chi connectivity index (χ0) is 18.1. The quantitative estimate of drug-likeness (QED) is 0.578. The highest BCUT2D eigenvalue weighted by molar-refractivity contribution is 6.00. The number of benzene rings is 2. The van der Waals surface area contributed by atoms with Crippen LogP contribution in [0.4, 0.5) is 16.3 Å². The lowest BCUT2D eigenvalue weighted by Crippen LogP contribution is -2.10. The Kier molecular flexibility index (Phi) is 3.93. The monoisotopic (exact) mass is 346 g/mol. The number of aromatic nitrogens is 2. The summed E-state index contributed by atoms with van der Waals surface area (Å²) in [6.45, 7) is 0. The van der Waals surface area contributed by atoms with Gasteiger partial charge in [0, 0.05) is 29.9 Å². The lowest BCUT2D eigenvalue weighted by Gasteiger charge is -2.07. The number of methoxy groups -OCH3 is 1. The number of imidazole rings is 1. The van der Waals surface area contributed by atoms with Gasteiger partial charge in [-0.1, -0.05) is 36.4 Å². The predicted molar refractivity (Wildman–Crippen MR) is 104 cm³/mol. The molecule has 2 aromatic carbocycles. The summed E-state index contributed by atoms with van der Waals surface area (Å²) in [5, 5.41) is 7.94. The van der Waals surface area contributed by atoms with Crippen molar-refractivity contribution in [3.05, 3.63) is 60.8 Å². The molecule has 1 amide bonds. The summed E-state index contributed by atoms with van der Waals surface area (Å²) in [4.78, 5) is 16.4. The highest BCUT2D eigenvalue weighted by Gasteiger charge is 2.15. The van der Waals surface area contributed by atoms with E-state index in [0.29, 0.717) is 5.69 Å². The van der Waals surface area contributed by atoms with Crippen molar-refractivity contribution in [3.63, 3.8) is 0 Å². The summed E-state index contributed by atoms with van der Waals surface area (Å²) in [7, 11) is 3.23. The SMILES string of the molecule is CNc1c(-c2ccccc2)nc2c3cc(NC(=O)OC)ccc3ccn12. The Morgan fingerprint density at radius 2 is 1.92 bits per heavy atom. The number of nitrogens with zero attached hydrogens (tertiary/aromatic N) is 2. The lowest BCUT2D eigenvalue weighted by molar-refractivity contribution is 0.187. The van der Waals surface area contributed by atoms with E-state index in [4.69, 9.17) is 4.98 Å². The van der Waals surface area contributed by atoms with Gasteiger partial charge in [-0.15, -0.1) is 0 Å². The Hall–Kier alpha value is -3.54. The van der Waals surface area contributed by atoms with E-state index in [0.717, 1.165) is 33.5 Å². The Balaban J connectivity index is 1.95. The van der Waals surface area contributed by atoms with Crippen molar-refractivity contribution >= 4 is 34.0 Å². The number of carbonyl (C=O) groups excluding carboxylic acids is 1. The minimum atomic E-state index is -0.500. The van der Waals surface area contributed by atoms with Gasteiger partial charge in [-0.25, -0.2) is 9.78 Å². The molecule has 0 aliphatic heterocycles. The number of ether oxygens (including phenoxy) is 1. The number of fused-ring (bicyclic) bond motifs is 3. The largest absolute Gasteiger partial charge is 0.453 e. The van der Waals surface area contributed by atoms with Gasteiger partial charge in [0.1, 0.15) is 17.2 Å². The zero-order valence-electron chi connectivity index (χ0n) is 14.5. The molecule has 26 heavy (non-hydrogen) atoms. The molecule has 4 rings (SSSR count). The Morgan fingerprint density at radius 3 is 2.65 bits per heavy atom. The minimum absolute atomic E-state index is 0.500. The second kappa shape index (κ2) is 6.40. The van der Waals surface area contributed by atoms with Crippen LogP contribution in [0.2, 0.25) is 0 Å². The first-order valence-corrected chi connectivity index (χ1v) is 8.24. The van der Waals surface area contributed by atoms with Crippen molar-refractivity contribution in [2.45, 2.75) is 0 Å². The molecule has 0 saturated carbocycles. The topological polar surface area (TPSA) is 67.7 Å². The van der Waals surface area contributed by atoms with Gasteiger partial charge in [0.2, 0.25) is 0 Å². The molecular formula is C20H18N4O2. The Morgan fingerprint density at radius 1 is 1.12 bits per heavy atom. The molecule has 130 valence electrons. The van der Waals surface area contributed by atoms with Crippen LogP contribution in [0.3, 0.4) is 0 Å². The van der Waals surface area contributed by atoms with Crippen LogP contribution in [0.25, 0.3) is 27.7 Å². The van der Waals surface area contributed by atoms with E-state index in [9.17, 15) is 4.79 Å². The van der Waals surface area contributed by atoms with Gasteiger partial charge in [-0.3, -0.25) is 9.72 Å². The average Bonchev–Trinajstić information content (AvgIpc) is 3.07. The smallest absolute Gasteiger partial charge is 0.411 e. The summed E-state index contributed by atoms with van der Waals surface area (Å²) in [5.41, 5.74) is 3.40. The van der Waals surface area contributed by atoms with E-state index in [1.165, 1.54) is 7.11 Å². The molecule has 2 N–H and O–H groups in total. The van der Waals surface area contributed by atoms with Gasteiger partial charge in [-0.2, -0.15) is 0 Å². The van der Waals surface area contributed by atoms with Gasteiger partial charge in [0.05, 0.1) is 7.11 Å². The summed E-state index contributed by atoms with van der Waals surface area (Å²) in [6.07, 6.45) is 1.50. The number of nitrogens with one attached hydrogen (secondary N) is 2. The highest BCUT2D eigenvalue weighted by Crippen LogP contribution is 2.32. The average molecular weight is 346 g/mol. The predicted octanol–water partition coefficient (Wildman–Crippen LogP) is 4.37. The van der Waals surface area contributed by atoms with Crippen LogP contribution in [0.5, 0.6) is 0 Å². The number of carbonyl (C=O) groups is 1. The van der Waals surface area contributed by atoms with Gasteiger partial charge in [0.25, 0.3) is 0 Å². The molecule has 0 unspecified atom stereocenters.